The number of benzene rings is 2. The van der Waals surface area contributed by atoms with Gasteiger partial charge in [0.2, 0.25) is 5.89 Å². The van der Waals surface area contributed by atoms with Crippen LogP contribution in [-0.4, -0.2) is 12.1 Å². The molecule has 0 fully saturated rings. The molecular formula is C15H14N2O2. The Kier molecular flexibility index (Phi) is 2.93. The Morgan fingerprint density at radius 2 is 1.95 bits per heavy atom. The normalized spacial score (nSPS) is 10.8. The maximum Gasteiger partial charge on any atom is 0.227 e. The second-order valence-electron chi connectivity index (χ2n) is 4.25. The molecular weight excluding hydrogens is 240 g/mol. The van der Waals surface area contributed by atoms with Gasteiger partial charge in [0, 0.05) is 12.1 Å². The van der Waals surface area contributed by atoms with E-state index < -0.39 is 0 Å². The zero-order valence-electron chi connectivity index (χ0n) is 10.6. The Morgan fingerprint density at radius 1 is 1.16 bits per heavy atom. The molecule has 0 saturated carbocycles. The first-order chi connectivity index (χ1) is 9.30. The van der Waals surface area contributed by atoms with Crippen LogP contribution in [0.3, 0.4) is 0 Å². The fourth-order valence-corrected chi connectivity index (χ4v) is 1.95. The molecule has 3 rings (SSSR count). The minimum atomic E-state index is 0.495. The summed E-state index contributed by atoms with van der Waals surface area (Å²) in [5.41, 5.74) is 9.16. The van der Waals surface area contributed by atoms with E-state index in [0.717, 1.165) is 28.0 Å². The molecule has 0 amide bonds. The highest BCUT2D eigenvalue weighted by Gasteiger charge is 2.08. The molecule has 0 atom stereocenters. The molecule has 1 heterocycles. The lowest BCUT2D eigenvalue weighted by Crippen LogP contribution is -1.94. The first-order valence-corrected chi connectivity index (χ1v) is 6.04. The maximum atomic E-state index is 5.76. The van der Waals surface area contributed by atoms with Gasteiger partial charge in [-0.1, -0.05) is 6.07 Å². The fourth-order valence-electron chi connectivity index (χ4n) is 1.95. The molecule has 4 heteroatoms. The van der Waals surface area contributed by atoms with E-state index in [1.807, 2.05) is 42.5 Å². The Bertz CT molecular complexity index is 702. The summed E-state index contributed by atoms with van der Waals surface area (Å²) in [6.07, 6.45) is 0. The van der Waals surface area contributed by atoms with Gasteiger partial charge in [0.05, 0.1) is 7.11 Å². The van der Waals surface area contributed by atoms with E-state index in [0.29, 0.717) is 12.4 Å². The van der Waals surface area contributed by atoms with Crippen molar-refractivity contribution in [3.63, 3.8) is 0 Å². The molecule has 4 nitrogen and oxygen atoms in total. The van der Waals surface area contributed by atoms with Crippen molar-refractivity contribution in [3.8, 4) is 17.2 Å². The van der Waals surface area contributed by atoms with E-state index in [2.05, 4.69) is 4.98 Å². The highest BCUT2D eigenvalue weighted by atomic mass is 16.5. The van der Waals surface area contributed by atoms with E-state index in [-0.39, 0.29) is 0 Å². The second kappa shape index (κ2) is 4.74. The molecule has 2 aromatic carbocycles. The van der Waals surface area contributed by atoms with Crippen molar-refractivity contribution in [2.45, 2.75) is 6.54 Å². The highest BCUT2D eigenvalue weighted by Crippen LogP contribution is 2.26. The lowest BCUT2D eigenvalue weighted by molar-refractivity contribution is 0.415. The van der Waals surface area contributed by atoms with Gasteiger partial charge in [-0.05, 0) is 42.0 Å². The smallest absolute Gasteiger partial charge is 0.227 e. The molecule has 19 heavy (non-hydrogen) atoms. The van der Waals surface area contributed by atoms with Crippen LogP contribution in [0.5, 0.6) is 5.75 Å². The first-order valence-electron chi connectivity index (χ1n) is 6.04. The lowest BCUT2D eigenvalue weighted by atomic mass is 10.2. The highest BCUT2D eigenvalue weighted by molar-refractivity contribution is 5.76. The minimum absolute atomic E-state index is 0.495. The van der Waals surface area contributed by atoms with Crippen molar-refractivity contribution < 1.29 is 9.15 Å². The van der Waals surface area contributed by atoms with Gasteiger partial charge < -0.3 is 14.9 Å². The average molecular weight is 254 g/mol. The van der Waals surface area contributed by atoms with Crippen LogP contribution in [0.15, 0.2) is 46.9 Å². The maximum absolute atomic E-state index is 5.76. The fraction of sp³-hybridized carbons (Fsp3) is 0.133. The number of hydrogen-bond donors (Lipinski definition) is 1. The number of oxazole rings is 1. The lowest BCUT2D eigenvalue weighted by Gasteiger charge is -1.99. The Morgan fingerprint density at radius 3 is 2.63 bits per heavy atom. The molecule has 0 unspecified atom stereocenters. The third-order valence-corrected chi connectivity index (χ3v) is 3.03. The van der Waals surface area contributed by atoms with Gasteiger partial charge in [-0.2, -0.15) is 0 Å². The van der Waals surface area contributed by atoms with Gasteiger partial charge >= 0.3 is 0 Å². The molecule has 3 aromatic rings. The molecule has 2 N–H and O–H groups in total. The molecule has 0 aliphatic heterocycles. The third kappa shape index (κ3) is 2.18. The van der Waals surface area contributed by atoms with Gasteiger partial charge in [-0.15, -0.1) is 0 Å². The number of nitrogens with two attached hydrogens (primary N) is 1. The zero-order valence-corrected chi connectivity index (χ0v) is 10.6. The molecule has 0 aliphatic rings. The van der Waals surface area contributed by atoms with Crippen LogP contribution in [0.25, 0.3) is 22.6 Å². The topological polar surface area (TPSA) is 61.3 Å². The molecule has 0 aliphatic carbocycles. The van der Waals surface area contributed by atoms with E-state index in [1.54, 1.807) is 7.11 Å². The monoisotopic (exact) mass is 254 g/mol. The summed E-state index contributed by atoms with van der Waals surface area (Å²) in [5.74, 6) is 1.41. The molecule has 0 radical (unpaired) electrons. The summed E-state index contributed by atoms with van der Waals surface area (Å²) in [4.78, 5) is 4.47. The van der Waals surface area contributed by atoms with Crippen molar-refractivity contribution >= 4 is 11.1 Å². The van der Waals surface area contributed by atoms with Crippen molar-refractivity contribution in [1.82, 2.24) is 4.98 Å². The van der Waals surface area contributed by atoms with Crippen LogP contribution < -0.4 is 10.5 Å². The number of methoxy groups -OCH3 is 1. The summed E-state index contributed by atoms with van der Waals surface area (Å²) in [5, 5.41) is 0. The molecule has 0 saturated heterocycles. The molecule has 0 spiro atoms. The predicted octanol–water partition coefficient (Wildman–Crippen LogP) is 2.96. The number of rotatable bonds is 3. The standard InChI is InChI=1S/C15H14N2O2/c1-18-12-5-3-11(4-6-12)15-17-13-7-2-10(9-16)8-14(13)19-15/h2-8H,9,16H2,1H3. The summed E-state index contributed by atoms with van der Waals surface area (Å²) in [6.45, 7) is 0.495. The van der Waals surface area contributed by atoms with Crippen molar-refractivity contribution in [2.24, 2.45) is 5.73 Å². The average Bonchev–Trinajstić information content (AvgIpc) is 2.90. The van der Waals surface area contributed by atoms with Crippen LogP contribution in [0.2, 0.25) is 0 Å². The van der Waals surface area contributed by atoms with Crippen LogP contribution in [-0.2, 0) is 6.54 Å². The molecule has 96 valence electrons. The number of nitrogens with zero attached hydrogens (tertiary/aromatic N) is 1. The summed E-state index contributed by atoms with van der Waals surface area (Å²) < 4.78 is 10.9. The Hall–Kier alpha value is -2.33. The largest absolute Gasteiger partial charge is 0.497 e. The third-order valence-electron chi connectivity index (χ3n) is 3.03. The Balaban J connectivity index is 2.04. The van der Waals surface area contributed by atoms with Gasteiger partial charge in [0.1, 0.15) is 11.3 Å². The van der Waals surface area contributed by atoms with Gasteiger partial charge in [-0.25, -0.2) is 4.98 Å². The van der Waals surface area contributed by atoms with E-state index in [1.165, 1.54) is 0 Å². The number of fused-ring (bicyclic) bond motifs is 1. The minimum Gasteiger partial charge on any atom is -0.497 e. The van der Waals surface area contributed by atoms with Crippen molar-refractivity contribution in [3.05, 3.63) is 48.0 Å². The van der Waals surface area contributed by atoms with E-state index in [4.69, 9.17) is 14.9 Å². The number of aromatic nitrogens is 1. The van der Waals surface area contributed by atoms with Gasteiger partial charge in [0.15, 0.2) is 5.58 Å². The van der Waals surface area contributed by atoms with Crippen molar-refractivity contribution in [1.29, 1.82) is 0 Å². The zero-order chi connectivity index (χ0) is 13.2. The van der Waals surface area contributed by atoms with Crippen LogP contribution >= 0.6 is 0 Å². The van der Waals surface area contributed by atoms with E-state index >= 15 is 0 Å². The van der Waals surface area contributed by atoms with Gasteiger partial charge in [-0.3, -0.25) is 0 Å². The number of ether oxygens (including phenoxy) is 1. The quantitative estimate of drug-likeness (QED) is 0.780. The van der Waals surface area contributed by atoms with Crippen LogP contribution in [0.4, 0.5) is 0 Å². The number of hydrogen-bond acceptors (Lipinski definition) is 4. The molecule has 0 bridgehead atoms. The first kappa shape index (κ1) is 11.7. The summed E-state index contributed by atoms with van der Waals surface area (Å²) >= 11 is 0. The van der Waals surface area contributed by atoms with Crippen LogP contribution in [0.1, 0.15) is 5.56 Å². The van der Waals surface area contributed by atoms with Gasteiger partial charge in [0.25, 0.3) is 0 Å². The Labute approximate surface area is 110 Å². The predicted molar refractivity (Wildman–Crippen MR) is 73.9 cm³/mol. The van der Waals surface area contributed by atoms with Crippen molar-refractivity contribution in [2.75, 3.05) is 7.11 Å². The SMILES string of the molecule is COc1ccc(-c2nc3ccc(CN)cc3o2)cc1. The summed E-state index contributed by atoms with van der Waals surface area (Å²) in [7, 11) is 1.64. The molecule has 1 aromatic heterocycles. The van der Waals surface area contributed by atoms with Crippen LogP contribution in [0, 0.1) is 0 Å². The summed E-state index contributed by atoms with van der Waals surface area (Å²) in [6, 6.07) is 13.4. The second-order valence-corrected chi connectivity index (χ2v) is 4.25. The van der Waals surface area contributed by atoms with E-state index in [9.17, 15) is 0 Å².